The van der Waals surface area contributed by atoms with Gasteiger partial charge in [-0.15, -0.1) is 0 Å². The lowest BCUT2D eigenvalue weighted by molar-refractivity contribution is -0.145. The molecule has 8 heteroatoms. The highest BCUT2D eigenvalue weighted by Gasteiger charge is 2.17. The Balaban J connectivity index is 1.30. The topological polar surface area (TPSA) is 26.3 Å². The lowest BCUT2D eigenvalue weighted by Crippen LogP contribution is -2.17. The molecule has 0 radical (unpaired) electrons. The first-order chi connectivity index (χ1) is 18.3. The zero-order chi connectivity index (χ0) is 25.0. The van der Waals surface area contributed by atoms with Crippen molar-refractivity contribution in [3.05, 3.63) is 80.1 Å². The summed E-state index contributed by atoms with van der Waals surface area (Å²) in [5.74, 6) is 1.18. The van der Waals surface area contributed by atoms with Gasteiger partial charge in [0.2, 0.25) is 0 Å². The molecule has 0 aromatic heterocycles. The van der Waals surface area contributed by atoms with Crippen LogP contribution in [0.4, 0.5) is 0 Å². The normalized spacial score (nSPS) is 19.1. The van der Waals surface area contributed by atoms with Crippen LogP contribution in [0.3, 0.4) is 0 Å². The Hall–Kier alpha value is -1.03. The number of carbonyl (C=O) groups is 1. The summed E-state index contributed by atoms with van der Waals surface area (Å²) in [7, 11) is 3.99. The first kappa shape index (κ1) is 26.2. The Morgan fingerprint density at radius 1 is 0.811 bits per heavy atom. The Kier molecular flexibility index (Phi) is 8.81. The minimum Gasteiger partial charge on any atom is -0.461 e. The van der Waals surface area contributed by atoms with E-state index >= 15 is 0 Å². The number of esters is 1. The van der Waals surface area contributed by atoms with Crippen LogP contribution in [0.25, 0.3) is 30.0 Å². The first-order valence-electron chi connectivity index (χ1n) is 12.4. The average molecular weight is 599 g/mol. The lowest BCUT2D eigenvalue weighted by Gasteiger charge is -2.13. The van der Waals surface area contributed by atoms with E-state index in [4.69, 9.17) is 4.74 Å². The molecule has 1 saturated heterocycles. The second-order valence-electron chi connectivity index (χ2n) is 9.00. The lowest BCUT2D eigenvalue weighted by atomic mass is 9.97. The minimum atomic E-state index is -0.0890. The number of fused-ring (bicyclic) bond motifs is 2. The maximum atomic E-state index is 12.5. The van der Waals surface area contributed by atoms with Gasteiger partial charge in [0.15, 0.2) is 0 Å². The van der Waals surface area contributed by atoms with Crippen LogP contribution in [0.15, 0.2) is 64.1 Å². The Labute approximate surface area is 242 Å². The number of ether oxygens (including phenoxy) is 1. The van der Waals surface area contributed by atoms with Crippen LogP contribution >= 0.6 is 68.6 Å². The van der Waals surface area contributed by atoms with Gasteiger partial charge in [0.25, 0.3) is 0 Å². The molecule has 0 N–H and O–H groups in total. The number of benzene rings is 3. The summed E-state index contributed by atoms with van der Waals surface area (Å²) in [5, 5.41) is 17.1. The van der Waals surface area contributed by atoms with Crippen molar-refractivity contribution < 1.29 is 9.53 Å². The molecule has 0 spiro atoms. The minimum absolute atomic E-state index is 0.0890. The third kappa shape index (κ3) is 5.94. The van der Waals surface area contributed by atoms with E-state index in [2.05, 4.69) is 64.1 Å². The molecular formula is C29H26O2S6. The maximum absolute atomic E-state index is 12.5. The fourth-order valence-corrected chi connectivity index (χ4v) is 11.7. The van der Waals surface area contributed by atoms with E-state index in [1.807, 2.05) is 21.6 Å². The number of hydrogen-bond donors (Lipinski definition) is 0. The van der Waals surface area contributed by atoms with Crippen LogP contribution in [0.2, 0.25) is 0 Å². The van der Waals surface area contributed by atoms with Crippen LogP contribution in [0, 0.1) is 0 Å². The summed E-state index contributed by atoms with van der Waals surface area (Å²) < 4.78 is 8.35. The Bertz CT molecular complexity index is 1500. The summed E-state index contributed by atoms with van der Waals surface area (Å²) in [6.07, 6.45) is 5.05. The second kappa shape index (κ2) is 12.4. The van der Waals surface area contributed by atoms with Crippen LogP contribution in [-0.2, 0) is 16.1 Å². The van der Waals surface area contributed by atoms with Crippen molar-refractivity contribution in [2.24, 2.45) is 0 Å². The Morgan fingerprint density at radius 2 is 1.46 bits per heavy atom. The summed E-state index contributed by atoms with van der Waals surface area (Å²) >= 11 is 7.17. The molecule has 3 aromatic carbocycles. The standard InChI is InChI=1S/C29H26O2S6/c30-25(8-4-1-5-20-11-12-36-37-20)31-18-19-9-10-23-24(17-19)27(29-34-15-16-35-29)22-7-3-2-6-21(22)26(23)28-32-13-14-33-28/h2-3,6-7,9-10,13-17,20H,1,4-5,8,11-12,18H2. The molecule has 1 atom stereocenters. The van der Waals surface area contributed by atoms with E-state index in [1.165, 1.54) is 59.1 Å². The number of hydrogen-bond acceptors (Lipinski definition) is 8. The molecular weight excluding hydrogens is 573 g/mol. The molecule has 1 unspecified atom stereocenters. The van der Waals surface area contributed by atoms with Gasteiger partial charge in [-0.1, -0.05) is 111 Å². The van der Waals surface area contributed by atoms with Crippen molar-refractivity contribution in [3.8, 4) is 0 Å². The van der Waals surface area contributed by atoms with Crippen molar-refractivity contribution in [2.45, 2.75) is 44.0 Å². The van der Waals surface area contributed by atoms with Gasteiger partial charge < -0.3 is 4.74 Å². The van der Waals surface area contributed by atoms with Gasteiger partial charge in [0, 0.05) is 27.9 Å². The number of thioether (sulfide) groups is 4. The van der Waals surface area contributed by atoms with Gasteiger partial charge in [-0.2, -0.15) is 0 Å². The molecule has 3 heterocycles. The van der Waals surface area contributed by atoms with Crippen LogP contribution in [-0.4, -0.2) is 17.0 Å². The number of rotatable bonds is 7. The van der Waals surface area contributed by atoms with E-state index in [-0.39, 0.29) is 5.97 Å². The SMILES string of the molecule is O=C(CCCCC1CCSS1)OCc1ccc2c(=C3SC=CS3)c3ccccc3c(=C3SC=CS3)c2c1. The highest BCUT2D eigenvalue weighted by molar-refractivity contribution is 8.77. The summed E-state index contributed by atoms with van der Waals surface area (Å²) in [6, 6.07) is 15.4. The van der Waals surface area contributed by atoms with E-state index in [0.29, 0.717) is 13.0 Å². The molecule has 0 aliphatic carbocycles. The molecule has 0 saturated carbocycles. The molecule has 0 amide bonds. The smallest absolute Gasteiger partial charge is 0.306 e. The van der Waals surface area contributed by atoms with Crippen molar-refractivity contribution in [1.29, 1.82) is 0 Å². The van der Waals surface area contributed by atoms with Gasteiger partial charge in [-0.05, 0) is 74.1 Å². The number of carbonyl (C=O) groups excluding carboxylic acids is 1. The van der Waals surface area contributed by atoms with Gasteiger partial charge in [-0.3, -0.25) is 4.79 Å². The van der Waals surface area contributed by atoms with E-state index < -0.39 is 0 Å². The highest BCUT2D eigenvalue weighted by Crippen LogP contribution is 2.41. The van der Waals surface area contributed by atoms with Gasteiger partial charge in [-0.25, -0.2) is 0 Å². The summed E-state index contributed by atoms with van der Waals surface area (Å²) in [5.41, 5.74) is 1.04. The van der Waals surface area contributed by atoms with Gasteiger partial charge >= 0.3 is 5.97 Å². The first-order valence-corrected chi connectivity index (χ1v) is 18.3. The predicted molar refractivity (Wildman–Crippen MR) is 173 cm³/mol. The van der Waals surface area contributed by atoms with Gasteiger partial charge in [0.1, 0.15) is 6.61 Å². The van der Waals surface area contributed by atoms with Crippen molar-refractivity contribution >= 4 is 105 Å². The molecule has 2 nitrogen and oxygen atoms in total. The molecule has 0 bridgehead atoms. The van der Waals surface area contributed by atoms with E-state index in [9.17, 15) is 4.79 Å². The van der Waals surface area contributed by atoms with Crippen molar-refractivity contribution in [3.63, 3.8) is 0 Å². The predicted octanol–water partition coefficient (Wildman–Crippen LogP) is 8.78. The molecule has 190 valence electrons. The van der Waals surface area contributed by atoms with Crippen molar-refractivity contribution in [2.75, 3.05) is 5.75 Å². The van der Waals surface area contributed by atoms with Crippen LogP contribution < -0.4 is 10.4 Å². The second-order valence-corrected chi connectivity index (χ2v) is 16.0. The summed E-state index contributed by atoms with van der Waals surface area (Å²) in [4.78, 5) is 12.5. The summed E-state index contributed by atoms with van der Waals surface area (Å²) in [6.45, 7) is 0.320. The fourth-order valence-electron chi connectivity index (χ4n) is 4.85. The van der Waals surface area contributed by atoms with Crippen molar-refractivity contribution in [1.82, 2.24) is 0 Å². The molecule has 37 heavy (non-hydrogen) atoms. The molecule has 3 aromatic rings. The van der Waals surface area contributed by atoms with E-state index in [0.717, 1.165) is 23.7 Å². The fraction of sp³-hybridized carbons (Fsp3) is 0.276. The zero-order valence-electron chi connectivity index (χ0n) is 20.1. The van der Waals surface area contributed by atoms with E-state index in [1.54, 1.807) is 47.0 Å². The number of unbranched alkanes of at least 4 members (excludes halogenated alkanes) is 1. The van der Waals surface area contributed by atoms with Crippen LogP contribution in [0.5, 0.6) is 0 Å². The third-order valence-electron chi connectivity index (χ3n) is 6.59. The average Bonchev–Trinajstić information content (AvgIpc) is 3.73. The molecule has 3 aliphatic rings. The van der Waals surface area contributed by atoms with Gasteiger partial charge in [0.05, 0.1) is 8.47 Å². The highest BCUT2D eigenvalue weighted by atomic mass is 33.1. The molecule has 6 rings (SSSR count). The maximum Gasteiger partial charge on any atom is 0.306 e. The zero-order valence-corrected chi connectivity index (χ0v) is 25.0. The van der Waals surface area contributed by atoms with Crippen LogP contribution in [0.1, 0.15) is 37.7 Å². The third-order valence-corrected chi connectivity index (χ3v) is 13.9. The monoisotopic (exact) mass is 598 g/mol. The largest absolute Gasteiger partial charge is 0.461 e. The molecule has 3 aliphatic heterocycles. The molecule has 1 fully saturated rings. The quantitative estimate of drug-likeness (QED) is 0.115. The Morgan fingerprint density at radius 3 is 2.11 bits per heavy atom.